The van der Waals surface area contributed by atoms with E-state index in [1.165, 1.54) is 18.2 Å². The van der Waals surface area contributed by atoms with Gasteiger partial charge in [0.1, 0.15) is 11.6 Å². The van der Waals surface area contributed by atoms with E-state index in [0.717, 1.165) is 12.1 Å². The number of nitrogens with zero attached hydrogens (tertiary/aromatic N) is 3. The lowest BCUT2D eigenvalue weighted by atomic mass is 9.92. The topological polar surface area (TPSA) is 110 Å². The highest BCUT2D eigenvalue weighted by Gasteiger charge is 2.35. The number of hydrogen-bond acceptors (Lipinski definition) is 5. The molecule has 0 aliphatic rings. The number of nitrogens with two attached hydrogens (primary N) is 1. The SMILES string of the molecule is NC(=O)c1cccc(C(F)(F)F)c1-c1ccc(Cl)c(CCc2cc(Nc3cnccn3)[nH]n2)c1. The van der Waals surface area contributed by atoms with E-state index in [0.29, 0.717) is 40.8 Å². The van der Waals surface area contributed by atoms with Gasteiger partial charge in [0.2, 0.25) is 5.91 Å². The van der Waals surface area contributed by atoms with Crippen molar-refractivity contribution in [1.82, 2.24) is 20.2 Å². The number of aromatic nitrogens is 4. The number of benzene rings is 2. The van der Waals surface area contributed by atoms with Crippen LogP contribution in [0.3, 0.4) is 0 Å². The van der Waals surface area contributed by atoms with Gasteiger partial charge in [-0.15, -0.1) is 0 Å². The van der Waals surface area contributed by atoms with Crippen molar-refractivity contribution < 1.29 is 18.0 Å². The molecular formula is C23H18ClF3N6O. The maximum atomic E-state index is 13.7. The van der Waals surface area contributed by atoms with Crippen molar-refractivity contribution in [3.05, 3.63) is 88.5 Å². The second-order valence-electron chi connectivity index (χ2n) is 7.38. The number of aromatic amines is 1. The van der Waals surface area contributed by atoms with Crippen molar-refractivity contribution in [3.63, 3.8) is 0 Å². The summed E-state index contributed by atoms with van der Waals surface area (Å²) < 4.78 is 41.0. The van der Waals surface area contributed by atoms with E-state index in [9.17, 15) is 18.0 Å². The van der Waals surface area contributed by atoms with E-state index in [4.69, 9.17) is 17.3 Å². The zero-order valence-electron chi connectivity index (χ0n) is 17.5. The molecule has 4 N–H and O–H groups in total. The highest BCUT2D eigenvalue weighted by molar-refractivity contribution is 6.31. The Morgan fingerprint density at radius 2 is 1.94 bits per heavy atom. The molecule has 0 radical (unpaired) electrons. The molecule has 2 aromatic heterocycles. The molecule has 1 amide bonds. The van der Waals surface area contributed by atoms with Gasteiger partial charge in [0.05, 0.1) is 17.5 Å². The predicted octanol–water partition coefficient (Wildman–Crippen LogP) is 5.17. The van der Waals surface area contributed by atoms with Crippen molar-refractivity contribution in [2.75, 3.05) is 5.32 Å². The lowest BCUT2D eigenvalue weighted by molar-refractivity contribution is -0.137. The van der Waals surface area contributed by atoms with Crippen LogP contribution in [0.15, 0.2) is 61.1 Å². The first kappa shape index (κ1) is 23.2. The summed E-state index contributed by atoms with van der Waals surface area (Å²) in [5.41, 5.74) is 5.47. The van der Waals surface area contributed by atoms with E-state index >= 15 is 0 Å². The molecule has 4 rings (SSSR count). The van der Waals surface area contributed by atoms with Crippen LogP contribution in [-0.2, 0) is 19.0 Å². The van der Waals surface area contributed by atoms with Gasteiger partial charge in [-0.2, -0.15) is 18.3 Å². The van der Waals surface area contributed by atoms with Crippen LogP contribution in [0.2, 0.25) is 5.02 Å². The molecule has 0 atom stereocenters. The number of amides is 1. The smallest absolute Gasteiger partial charge is 0.366 e. The zero-order valence-corrected chi connectivity index (χ0v) is 18.3. The van der Waals surface area contributed by atoms with Crippen molar-refractivity contribution >= 4 is 29.1 Å². The number of hydrogen-bond donors (Lipinski definition) is 3. The number of halogens is 4. The molecule has 34 heavy (non-hydrogen) atoms. The Morgan fingerprint density at radius 1 is 1.12 bits per heavy atom. The molecule has 0 spiro atoms. The van der Waals surface area contributed by atoms with Gasteiger partial charge in [-0.1, -0.05) is 23.7 Å². The van der Waals surface area contributed by atoms with Crippen LogP contribution in [0.25, 0.3) is 11.1 Å². The van der Waals surface area contributed by atoms with E-state index in [2.05, 4.69) is 25.5 Å². The zero-order chi connectivity index (χ0) is 24.3. The first-order chi connectivity index (χ1) is 16.2. The average molecular weight is 487 g/mol. The van der Waals surface area contributed by atoms with E-state index < -0.39 is 17.6 Å². The normalized spacial score (nSPS) is 11.4. The Morgan fingerprint density at radius 3 is 2.65 bits per heavy atom. The molecular weight excluding hydrogens is 469 g/mol. The summed E-state index contributed by atoms with van der Waals surface area (Å²) in [5, 5.41) is 10.5. The third-order valence-corrected chi connectivity index (χ3v) is 5.45. The summed E-state index contributed by atoms with van der Waals surface area (Å²) in [6, 6.07) is 9.65. The molecule has 0 unspecified atom stereocenters. The molecule has 2 heterocycles. The van der Waals surface area contributed by atoms with Crippen LogP contribution < -0.4 is 11.1 Å². The number of primary amides is 1. The minimum Gasteiger partial charge on any atom is -0.366 e. The van der Waals surface area contributed by atoms with Crippen LogP contribution in [0, 0.1) is 0 Å². The van der Waals surface area contributed by atoms with Gasteiger partial charge in [0.15, 0.2) is 0 Å². The number of aryl methyl sites for hydroxylation is 2. The maximum Gasteiger partial charge on any atom is 0.417 e. The number of alkyl halides is 3. The lowest BCUT2D eigenvalue weighted by Gasteiger charge is -2.17. The number of nitrogens with one attached hydrogen (secondary N) is 2. The fraction of sp³-hybridized carbons (Fsp3) is 0.130. The molecule has 0 fully saturated rings. The van der Waals surface area contributed by atoms with Crippen LogP contribution in [0.4, 0.5) is 24.8 Å². The number of rotatable bonds is 7. The lowest BCUT2D eigenvalue weighted by Crippen LogP contribution is -2.16. The van der Waals surface area contributed by atoms with Crippen molar-refractivity contribution in [1.29, 1.82) is 0 Å². The van der Waals surface area contributed by atoms with Gasteiger partial charge >= 0.3 is 6.18 Å². The standard InChI is InChI=1S/C23H18ClF3N6O/c24-18-7-5-14(21-16(22(28)34)2-1-3-17(21)23(25,26)27)10-13(18)4-6-15-11-19(33-32-15)31-20-12-29-8-9-30-20/h1-3,5,7-12H,4,6H2,(H2,28,34)(H2,30,31,32,33). The van der Waals surface area contributed by atoms with Crippen LogP contribution in [-0.4, -0.2) is 26.1 Å². The molecule has 0 aliphatic carbocycles. The minimum absolute atomic E-state index is 0.202. The summed E-state index contributed by atoms with van der Waals surface area (Å²) in [6.07, 6.45) is 0.872. The Kier molecular flexibility index (Phi) is 6.51. The van der Waals surface area contributed by atoms with Crippen LogP contribution in [0.5, 0.6) is 0 Å². The Hall–Kier alpha value is -3.92. The highest BCUT2D eigenvalue weighted by Crippen LogP contribution is 2.40. The molecule has 0 saturated heterocycles. The van der Waals surface area contributed by atoms with Crippen molar-refractivity contribution in [2.45, 2.75) is 19.0 Å². The van der Waals surface area contributed by atoms with Gasteiger partial charge in [-0.25, -0.2) is 4.98 Å². The van der Waals surface area contributed by atoms with Crippen molar-refractivity contribution in [2.24, 2.45) is 5.73 Å². The predicted molar refractivity (Wildman–Crippen MR) is 122 cm³/mol. The fourth-order valence-electron chi connectivity index (χ4n) is 3.55. The molecule has 174 valence electrons. The van der Waals surface area contributed by atoms with Crippen LogP contribution >= 0.6 is 11.6 Å². The first-order valence-corrected chi connectivity index (χ1v) is 10.5. The molecule has 11 heteroatoms. The summed E-state index contributed by atoms with van der Waals surface area (Å²) >= 11 is 6.32. The summed E-state index contributed by atoms with van der Waals surface area (Å²) in [5.74, 6) is 0.208. The first-order valence-electron chi connectivity index (χ1n) is 10.1. The average Bonchev–Trinajstić information content (AvgIpc) is 3.25. The summed E-state index contributed by atoms with van der Waals surface area (Å²) in [7, 11) is 0. The van der Waals surface area contributed by atoms with E-state index in [1.54, 1.807) is 30.7 Å². The van der Waals surface area contributed by atoms with E-state index in [-0.39, 0.29) is 16.7 Å². The molecule has 0 bridgehead atoms. The van der Waals surface area contributed by atoms with Gasteiger partial charge in [0.25, 0.3) is 0 Å². The second-order valence-corrected chi connectivity index (χ2v) is 7.79. The Bertz CT molecular complexity index is 1320. The maximum absolute atomic E-state index is 13.7. The summed E-state index contributed by atoms with van der Waals surface area (Å²) in [6.45, 7) is 0. The molecule has 7 nitrogen and oxygen atoms in total. The number of H-pyrrole nitrogens is 1. The quantitative estimate of drug-likeness (QED) is 0.334. The Balaban J connectivity index is 1.59. The largest absolute Gasteiger partial charge is 0.417 e. The molecule has 0 saturated carbocycles. The third-order valence-electron chi connectivity index (χ3n) is 5.08. The Labute approximate surface area is 197 Å². The van der Waals surface area contributed by atoms with Gasteiger partial charge in [-0.3, -0.25) is 14.9 Å². The van der Waals surface area contributed by atoms with Crippen LogP contribution in [0.1, 0.15) is 27.2 Å². The fourth-order valence-corrected chi connectivity index (χ4v) is 3.76. The van der Waals surface area contributed by atoms with E-state index in [1.807, 2.05) is 0 Å². The molecule has 4 aromatic rings. The molecule has 2 aromatic carbocycles. The summed E-state index contributed by atoms with van der Waals surface area (Å²) in [4.78, 5) is 20.0. The van der Waals surface area contributed by atoms with Gasteiger partial charge < -0.3 is 11.1 Å². The van der Waals surface area contributed by atoms with Gasteiger partial charge in [0, 0.05) is 34.6 Å². The van der Waals surface area contributed by atoms with Gasteiger partial charge in [-0.05, 0) is 48.2 Å². The second kappa shape index (κ2) is 9.52. The number of anilines is 2. The number of carbonyl (C=O) groups excluding carboxylic acids is 1. The monoisotopic (exact) mass is 486 g/mol. The minimum atomic E-state index is -4.66. The third kappa shape index (κ3) is 5.18. The van der Waals surface area contributed by atoms with Crippen molar-refractivity contribution in [3.8, 4) is 11.1 Å². The number of carbonyl (C=O) groups is 1. The molecule has 0 aliphatic heterocycles. The highest BCUT2D eigenvalue weighted by atomic mass is 35.5.